The number of hydrogen-bond donors (Lipinski definition) is 0. The number of carbonyl (C=O) groups is 1. The first kappa shape index (κ1) is 23.1. The largest absolute Gasteiger partial charge is 0.497 e. The minimum absolute atomic E-state index is 0.0514. The molecule has 3 aromatic rings. The van der Waals surface area contributed by atoms with Gasteiger partial charge in [-0.05, 0) is 60.4 Å². The predicted octanol–water partition coefficient (Wildman–Crippen LogP) is 6.03. The second kappa shape index (κ2) is 10.7. The fraction of sp³-hybridized carbons (Fsp3) is 0.185. The fourth-order valence-electron chi connectivity index (χ4n) is 3.42. The Morgan fingerprint density at radius 1 is 0.970 bits per heavy atom. The Morgan fingerprint density at radius 3 is 2.42 bits per heavy atom. The number of amides is 1. The molecule has 6 heteroatoms. The average Bonchev–Trinajstić information content (AvgIpc) is 3.10. The van der Waals surface area contributed by atoms with Crippen LogP contribution < -0.4 is 9.47 Å². The van der Waals surface area contributed by atoms with Gasteiger partial charge in [0.25, 0.3) is 5.91 Å². The van der Waals surface area contributed by atoms with Gasteiger partial charge in [0.1, 0.15) is 22.4 Å². The van der Waals surface area contributed by atoms with Crippen LogP contribution in [0.15, 0.2) is 77.7 Å². The minimum Gasteiger partial charge on any atom is -0.497 e. The van der Waals surface area contributed by atoms with Gasteiger partial charge < -0.3 is 9.47 Å². The van der Waals surface area contributed by atoms with E-state index in [0.29, 0.717) is 22.4 Å². The molecule has 1 saturated heterocycles. The molecule has 0 atom stereocenters. The molecule has 0 unspecified atom stereocenters. The van der Waals surface area contributed by atoms with Crippen LogP contribution in [0.1, 0.15) is 22.3 Å². The Morgan fingerprint density at radius 2 is 1.70 bits per heavy atom. The highest BCUT2D eigenvalue weighted by Crippen LogP contribution is 2.33. The van der Waals surface area contributed by atoms with E-state index in [-0.39, 0.29) is 5.91 Å². The van der Waals surface area contributed by atoms with Crippen molar-refractivity contribution in [3.05, 3.63) is 100.0 Å². The zero-order chi connectivity index (χ0) is 23.2. The summed E-state index contributed by atoms with van der Waals surface area (Å²) in [5.74, 6) is 1.53. The summed E-state index contributed by atoms with van der Waals surface area (Å²) < 4.78 is 11.7. The van der Waals surface area contributed by atoms with Gasteiger partial charge in [0.15, 0.2) is 0 Å². The van der Waals surface area contributed by atoms with Gasteiger partial charge in [0, 0.05) is 6.54 Å². The summed E-state index contributed by atoms with van der Waals surface area (Å²) in [6, 6.07) is 23.9. The lowest BCUT2D eigenvalue weighted by Crippen LogP contribution is -2.30. The van der Waals surface area contributed by atoms with Crippen molar-refractivity contribution in [2.45, 2.75) is 20.0 Å². The molecule has 168 valence electrons. The van der Waals surface area contributed by atoms with Crippen LogP contribution in [0.5, 0.6) is 11.5 Å². The van der Waals surface area contributed by atoms with Crippen LogP contribution in [0.4, 0.5) is 0 Å². The van der Waals surface area contributed by atoms with E-state index in [0.717, 1.165) is 34.6 Å². The van der Waals surface area contributed by atoms with Crippen molar-refractivity contribution in [3.63, 3.8) is 0 Å². The molecule has 0 aliphatic carbocycles. The molecule has 1 amide bonds. The maximum atomic E-state index is 13.0. The highest BCUT2D eigenvalue weighted by molar-refractivity contribution is 8.26. The van der Waals surface area contributed by atoms with Crippen molar-refractivity contribution in [1.29, 1.82) is 0 Å². The third kappa shape index (κ3) is 6.03. The van der Waals surface area contributed by atoms with Gasteiger partial charge >= 0.3 is 0 Å². The first-order valence-corrected chi connectivity index (χ1v) is 11.9. The van der Waals surface area contributed by atoms with Gasteiger partial charge in [-0.25, -0.2) is 0 Å². The van der Waals surface area contributed by atoms with Crippen molar-refractivity contribution in [3.8, 4) is 11.5 Å². The van der Waals surface area contributed by atoms with Crippen molar-refractivity contribution >= 4 is 40.3 Å². The van der Waals surface area contributed by atoms with Gasteiger partial charge in [0.05, 0.1) is 12.0 Å². The van der Waals surface area contributed by atoms with E-state index in [4.69, 9.17) is 21.7 Å². The third-order valence-corrected chi connectivity index (χ3v) is 6.72. The number of benzene rings is 3. The monoisotopic (exact) mass is 475 g/mol. The molecule has 0 spiro atoms. The first-order chi connectivity index (χ1) is 16.0. The van der Waals surface area contributed by atoms with Gasteiger partial charge in [-0.15, -0.1) is 0 Å². The summed E-state index contributed by atoms with van der Waals surface area (Å²) in [5.41, 5.74) is 4.38. The molecular formula is C27H25NO3S2. The van der Waals surface area contributed by atoms with E-state index >= 15 is 0 Å². The summed E-state index contributed by atoms with van der Waals surface area (Å²) in [7, 11) is 1.65. The number of nitrogens with zero attached hydrogens (tertiary/aromatic N) is 1. The van der Waals surface area contributed by atoms with Crippen LogP contribution in [0.2, 0.25) is 0 Å². The molecule has 33 heavy (non-hydrogen) atoms. The van der Waals surface area contributed by atoms with Crippen LogP contribution in [-0.4, -0.2) is 28.8 Å². The Bertz CT molecular complexity index is 1170. The summed E-state index contributed by atoms with van der Waals surface area (Å²) in [6.45, 7) is 3.11. The summed E-state index contributed by atoms with van der Waals surface area (Å²) >= 11 is 6.82. The number of aryl methyl sites for hydroxylation is 1. The zero-order valence-electron chi connectivity index (χ0n) is 18.6. The second-order valence-electron chi connectivity index (χ2n) is 7.78. The zero-order valence-corrected chi connectivity index (χ0v) is 20.2. The summed E-state index contributed by atoms with van der Waals surface area (Å²) in [6.07, 6.45) is 2.61. The third-order valence-electron chi connectivity index (χ3n) is 5.34. The molecule has 1 aliphatic rings. The van der Waals surface area contributed by atoms with Crippen LogP contribution in [0.3, 0.4) is 0 Å². The van der Waals surface area contributed by atoms with Gasteiger partial charge in [0.2, 0.25) is 0 Å². The lowest BCUT2D eigenvalue weighted by Gasteiger charge is -2.14. The highest BCUT2D eigenvalue weighted by Gasteiger charge is 2.31. The summed E-state index contributed by atoms with van der Waals surface area (Å²) in [4.78, 5) is 15.3. The molecule has 0 N–H and O–H groups in total. The van der Waals surface area contributed by atoms with Gasteiger partial charge in [-0.1, -0.05) is 78.1 Å². The molecule has 3 aromatic carbocycles. The van der Waals surface area contributed by atoms with E-state index in [1.54, 1.807) is 12.0 Å². The van der Waals surface area contributed by atoms with E-state index in [1.165, 1.54) is 17.3 Å². The van der Waals surface area contributed by atoms with Crippen LogP contribution in [0.25, 0.3) is 6.08 Å². The SMILES string of the molecule is COc1ccc(CCN2C(=O)C(=Cc3cccc(OCc4ccc(C)cc4)c3)SC2=S)cc1. The smallest absolute Gasteiger partial charge is 0.266 e. The predicted molar refractivity (Wildman–Crippen MR) is 139 cm³/mol. The number of rotatable bonds is 8. The Balaban J connectivity index is 1.39. The number of ether oxygens (including phenoxy) is 2. The normalized spacial score (nSPS) is 14.7. The number of hydrogen-bond acceptors (Lipinski definition) is 5. The fourth-order valence-corrected chi connectivity index (χ4v) is 4.73. The maximum absolute atomic E-state index is 13.0. The van der Waals surface area contributed by atoms with E-state index in [9.17, 15) is 4.79 Å². The minimum atomic E-state index is -0.0514. The van der Waals surface area contributed by atoms with E-state index < -0.39 is 0 Å². The average molecular weight is 476 g/mol. The first-order valence-electron chi connectivity index (χ1n) is 10.7. The van der Waals surface area contributed by atoms with Crippen LogP contribution in [0, 0.1) is 6.92 Å². The molecule has 1 aliphatic heterocycles. The number of thiocarbonyl (C=S) groups is 1. The van der Waals surface area contributed by atoms with E-state index in [1.807, 2.05) is 54.6 Å². The van der Waals surface area contributed by atoms with Crippen molar-refractivity contribution in [2.75, 3.05) is 13.7 Å². The molecule has 0 radical (unpaired) electrons. The maximum Gasteiger partial charge on any atom is 0.266 e. The topological polar surface area (TPSA) is 38.8 Å². The van der Waals surface area contributed by atoms with Gasteiger partial charge in [-0.3, -0.25) is 9.69 Å². The Hall–Kier alpha value is -3.09. The van der Waals surface area contributed by atoms with Crippen LogP contribution >= 0.6 is 24.0 Å². The second-order valence-corrected chi connectivity index (χ2v) is 9.45. The molecule has 1 heterocycles. The van der Waals surface area contributed by atoms with Crippen molar-refractivity contribution < 1.29 is 14.3 Å². The van der Waals surface area contributed by atoms with Crippen LogP contribution in [-0.2, 0) is 17.8 Å². The number of thioether (sulfide) groups is 1. The quantitative estimate of drug-likeness (QED) is 0.294. The Labute approximate surface area is 204 Å². The van der Waals surface area contributed by atoms with Gasteiger partial charge in [-0.2, -0.15) is 0 Å². The molecule has 0 aromatic heterocycles. The molecular weight excluding hydrogens is 450 g/mol. The standard InChI is InChI=1S/C27H25NO3S2/c1-19-6-8-21(9-7-19)18-31-24-5-3-4-22(16-24)17-25-26(29)28(27(32)33-25)15-14-20-10-12-23(30-2)13-11-20/h3-13,16-17H,14-15,18H2,1-2H3. The Kier molecular flexibility index (Phi) is 7.47. The van der Waals surface area contributed by atoms with E-state index in [2.05, 4.69) is 31.2 Å². The molecule has 1 fully saturated rings. The molecule has 4 nitrogen and oxygen atoms in total. The lowest BCUT2D eigenvalue weighted by atomic mass is 10.1. The highest BCUT2D eigenvalue weighted by atomic mass is 32.2. The molecule has 0 bridgehead atoms. The van der Waals surface area contributed by atoms with Crippen molar-refractivity contribution in [1.82, 2.24) is 4.90 Å². The van der Waals surface area contributed by atoms with Crippen molar-refractivity contribution in [2.24, 2.45) is 0 Å². The number of carbonyl (C=O) groups excluding carboxylic acids is 1. The number of methoxy groups -OCH3 is 1. The molecule has 0 saturated carbocycles. The molecule has 4 rings (SSSR count). The lowest BCUT2D eigenvalue weighted by molar-refractivity contribution is -0.122. The summed E-state index contributed by atoms with van der Waals surface area (Å²) in [5, 5.41) is 0.